The van der Waals surface area contributed by atoms with E-state index in [-0.39, 0.29) is 18.7 Å². The van der Waals surface area contributed by atoms with Gasteiger partial charge in [-0.05, 0) is 6.92 Å². The molecular weight excluding hydrogens is 438 g/mol. The molecule has 1 fully saturated rings. The summed E-state index contributed by atoms with van der Waals surface area (Å²) in [7, 11) is 0. The number of carbonyl (C=O) groups is 2. The van der Waals surface area contributed by atoms with Crippen molar-refractivity contribution in [2.24, 2.45) is 0 Å². The first-order valence-electron chi connectivity index (χ1n) is 9.67. The van der Waals surface area contributed by atoms with Crippen molar-refractivity contribution in [2.45, 2.75) is 62.0 Å². The van der Waals surface area contributed by atoms with Gasteiger partial charge in [-0.25, -0.2) is 4.79 Å². The summed E-state index contributed by atoms with van der Waals surface area (Å²) < 4.78 is 15.0. The van der Waals surface area contributed by atoms with Crippen LogP contribution in [0.5, 0.6) is 0 Å². The monoisotopic (exact) mass is 469 g/mol. The van der Waals surface area contributed by atoms with E-state index in [1.807, 2.05) is 0 Å². The van der Waals surface area contributed by atoms with Crippen LogP contribution in [0, 0.1) is 0 Å². The Bertz CT molecular complexity index is 630. The Hall–Kier alpha value is -1.72. The molecule has 0 spiro atoms. The number of ether oxygens (including phenoxy) is 3. The average molecular weight is 469 g/mol. The second-order valence-corrected chi connectivity index (χ2v) is 7.19. The number of hydrogen-bond acceptors (Lipinski definition) is 13. The number of hydrogen-bond donors (Lipinski definition) is 9. The Balaban J connectivity index is 2.78. The van der Waals surface area contributed by atoms with Crippen LogP contribution in [0.25, 0.3) is 0 Å². The summed E-state index contributed by atoms with van der Waals surface area (Å²) in [6.45, 7) is 2.53. The summed E-state index contributed by atoms with van der Waals surface area (Å²) in [6.07, 6.45) is -16.8. The lowest BCUT2D eigenvalue weighted by Crippen LogP contribution is -2.62. The zero-order valence-electron chi connectivity index (χ0n) is 17.4. The summed E-state index contributed by atoms with van der Waals surface area (Å²) in [5.41, 5.74) is 0.137. The molecule has 0 aromatic heterocycles. The minimum absolute atomic E-state index is 0.137. The molecule has 0 bridgehead atoms. The standard InChI is InChI=1S/C18H31NO13/c1-7(2)17(29)30-4-3-19-16(28)13(26)12(25)15(8(22)5-20)32-18-14(27)11(24)10(23)9(6-21)31-18/h8-15,18,20-27H,1,3-6H2,2H3,(H,19,28)/t8-,9+,10-,11-,12-,13+,14+,15+,18-/m0/s1. The van der Waals surface area contributed by atoms with Crippen LogP contribution < -0.4 is 5.32 Å². The SMILES string of the molecule is C=C(C)C(=O)OCCNC(=O)[C@H](O)[C@H](O)[C@H](O[C@@H]1O[C@H](CO)[C@H](O)[C@H](O)[C@H]1O)[C@@H](O)CO. The Kier molecular flexibility index (Phi) is 11.6. The van der Waals surface area contributed by atoms with E-state index in [9.17, 15) is 50.4 Å². The lowest BCUT2D eigenvalue weighted by molar-refractivity contribution is -0.326. The van der Waals surface area contributed by atoms with Crippen molar-refractivity contribution < 1.29 is 64.7 Å². The molecule has 0 saturated carbocycles. The van der Waals surface area contributed by atoms with Crippen molar-refractivity contribution in [3.05, 3.63) is 12.2 Å². The second kappa shape index (κ2) is 13.1. The van der Waals surface area contributed by atoms with E-state index in [4.69, 9.17) is 14.2 Å². The third kappa shape index (κ3) is 7.41. The molecule has 0 aliphatic carbocycles. The van der Waals surface area contributed by atoms with Crippen molar-refractivity contribution in [3.63, 3.8) is 0 Å². The summed E-state index contributed by atoms with van der Waals surface area (Å²) >= 11 is 0. The van der Waals surface area contributed by atoms with Crippen molar-refractivity contribution in [2.75, 3.05) is 26.4 Å². The molecule has 1 heterocycles. The molecule has 186 valence electrons. The topological polar surface area (TPSA) is 236 Å². The van der Waals surface area contributed by atoms with Gasteiger partial charge in [-0.3, -0.25) is 4.79 Å². The Labute approximate surface area is 183 Å². The molecule has 1 aliphatic rings. The van der Waals surface area contributed by atoms with Crippen LogP contribution >= 0.6 is 0 Å². The van der Waals surface area contributed by atoms with Crippen molar-refractivity contribution in [3.8, 4) is 0 Å². The van der Waals surface area contributed by atoms with Gasteiger partial charge in [-0.2, -0.15) is 0 Å². The van der Waals surface area contributed by atoms with Gasteiger partial charge in [-0.1, -0.05) is 6.58 Å². The Morgan fingerprint density at radius 2 is 1.72 bits per heavy atom. The molecule has 1 rings (SSSR count). The van der Waals surface area contributed by atoms with E-state index in [0.29, 0.717) is 0 Å². The summed E-state index contributed by atoms with van der Waals surface area (Å²) in [5.74, 6) is -1.84. The number of aliphatic hydroxyl groups is 8. The number of esters is 1. The number of nitrogens with one attached hydrogen (secondary N) is 1. The largest absolute Gasteiger partial charge is 0.460 e. The number of carbonyl (C=O) groups excluding carboxylic acids is 2. The van der Waals surface area contributed by atoms with Gasteiger partial charge in [0, 0.05) is 5.57 Å². The highest BCUT2D eigenvalue weighted by atomic mass is 16.7. The molecule has 0 aromatic rings. The summed E-state index contributed by atoms with van der Waals surface area (Å²) in [6, 6.07) is 0. The fraction of sp³-hybridized carbons (Fsp3) is 0.778. The van der Waals surface area contributed by atoms with Crippen molar-refractivity contribution in [1.82, 2.24) is 5.32 Å². The van der Waals surface area contributed by atoms with Crippen LogP contribution in [-0.4, -0.2) is 134 Å². The van der Waals surface area contributed by atoms with Crippen LogP contribution in [0.1, 0.15) is 6.92 Å². The molecule has 9 atom stereocenters. The molecule has 1 amide bonds. The highest BCUT2D eigenvalue weighted by molar-refractivity contribution is 5.87. The van der Waals surface area contributed by atoms with Gasteiger partial charge in [0.2, 0.25) is 0 Å². The lowest BCUT2D eigenvalue weighted by Gasteiger charge is -2.42. The minimum atomic E-state index is -2.21. The van der Waals surface area contributed by atoms with E-state index in [2.05, 4.69) is 11.9 Å². The molecule has 14 heteroatoms. The fourth-order valence-corrected chi connectivity index (χ4v) is 2.72. The minimum Gasteiger partial charge on any atom is -0.460 e. The lowest BCUT2D eigenvalue weighted by atomic mass is 9.98. The predicted molar refractivity (Wildman–Crippen MR) is 103 cm³/mol. The van der Waals surface area contributed by atoms with Crippen molar-refractivity contribution >= 4 is 11.9 Å². The van der Waals surface area contributed by atoms with Crippen LogP contribution in [0.15, 0.2) is 12.2 Å². The highest BCUT2D eigenvalue weighted by Gasteiger charge is 2.47. The van der Waals surface area contributed by atoms with E-state index in [1.165, 1.54) is 6.92 Å². The Morgan fingerprint density at radius 3 is 2.25 bits per heavy atom. The summed E-state index contributed by atoms with van der Waals surface area (Å²) in [5, 5.41) is 80.6. The molecule has 9 N–H and O–H groups in total. The van der Waals surface area contributed by atoms with Crippen LogP contribution in [0.4, 0.5) is 0 Å². The van der Waals surface area contributed by atoms with Gasteiger partial charge in [0.25, 0.3) is 5.91 Å². The van der Waals surface area contributed by atoms with Gasteiger partial charge >= 0.3 is 5.97 Å². The normalized spacial score (nSPS) is 29.5. The zero-order valence-corrected chi connectivity index (χ0v) is 17.4. The first kappa shape index (κ1) is 28.3. The third-order valence-corrected chi connectivity index (χ3v) is 4.62. The second-order valence-electron chi connectivity index (χ2n) is 7.19. The maximum Gasteiger partial charge on any atom is 0.333 e. The smallest absolute Gasteiger partial charge is 0.333 e. The van der Waals surface area contributed by atoms with E-state index >= 15 is 0 Å². The maximum absolute atomic E-state index is 12.1. The van der Waals surface area contributed by atoms with E-state index in [0.717, 1.165) is 0 Å². The van der Waals surface area contributed by atoms with Gasteiger partial charge in [0.1, 0.15) is 49.3 Å². The van der Waals surface area contributed by atoms with Crippen LogP contribution in [0.2, 0.25) is 0 Å². The van der Waals surface area contributed by atoms with Crippen LogP contribution in [-0.2, 0) is 23.8 Å². The molecule has 0 unspecified atom stereocenters. The number of amides is 1. The van der Waals surface area contributed by atoms with Gasteiger partial charge in [-0.15, -0.1) is 0 Å². The maximum atomic E-state index is 12.1. The predicted octanol–water partition coefficient (Wildman–Crippen LogP) is -5.52. The molecule has 1 aliphatic heterocycles. The Morgan fingerprint density at radius 1 is 1.09 bits per heavy atom. The molecule has 32 heavy (non-hydrogen) atoms. The first-order chi connectivity index (χ1) is 15.0. The zero-order chi connectivity index (χ0) is 24.6. The number of rotatable bonds is 12. The van der Waals surface area contributed by atoms with E-state index < -0.39 is 80.2 Å². The molecule has 0 radical (unpaired) electrons. The number of aliphatic hydroxyl groups excluding tert-OH is 8. The van der Waals surface area contributed by atoms with Gasteiger partial charge < -0.3 is 60.4 Å². The third-order valence-electron chi connectivity index (χ3n) is 4.62. The van der Waals surface area contributed by atoms with Gasteiger partial charge in [0.05, 0.1) is 19.8 Å². The van der Waals surface area contributed by atoms with Gasteiger partial charge in [0.15, 0.2) is 12.4 Å². The molecule has 14 nitrogen and oxygen atoms in total. The van der Waals surface area contributed by atoms with Crippen LogP contribution in [0.3, 0.4) is 0 Å². The first-order valence-corrected chi connectivity index (χ1v) is 9.67. The molecule has 0 aromatic carbocycles. The summed E-state index contributed by atoms with van der Waals surface area (Å²) in [4.78, 5) is 23.3. The molecule has 1 saturated heterocycles. The van der Waals surface area contributed by atoms with E-state index in [1.54, 1.807) is 0 Å². The fourth-order valence-electron chi connectivity index (χ4n) is 2.72. The highest BCUT2D eigenvalue weighted by Crippen LogP contribution is 2.25. The average Bonchev–Trinajstić information content (AvgIpc) is 2.77. The quantitative estimate of drug-likeness (QED) is 0.0737. The molecular formula is C18H31NO13. The van der Waals surface area contributed by atoms with Crippen molar-refractivity contribution in [1.29, 1.82) is 0 Å².